The molecule has 134 valence electrons. The minimum atomic E-state index is 0.796. The molecule has 1 aromatic rings. The van der Waals surface area contributed by atoms with Crippen molar-refractivity contribution < 1.29 is 9.47 Å². The summed E-state index contributed by atoms with van der Waals surface area (Å²) in [6.45, 7) is 11.8. The lowest BCUT2D eigenvalue weighted by atomic mass is 10.3. The first-order valence-corrected chi connectivity index (χ1v) is 9.10. The molecule has 1 heterocycles. The smallest absolute Gasteiger partial charge is 0.0591 e. The summed E-state index contributed by atoms with van der Waals surface area (Å²) >= 11 is 0. The first kappa shape index (κ1) is 22.0. The van der Waals surface area contributed by atoms with E-state index >= 15 is 0 Å². The molecule has 0 atom stereocenters. The number of ether oxygens (including phenoxy) is 2. The van der Waals surface area contributed by atoms with Crippen LogP contribution in [0.5, 0.6) is 0 Å². The van der Waals surface area contributed by atoms with E-state index in [9.17, 15) is 0 Å². The van der Waals surface area contributed by atoms with Gasteiger partial charge in [0.1, 0.15) is 0 Å². The third-order valence-electron chi connectivity index (χ3n) is 3.06. The number of rotatable bonds is 13. The quantitative estimate of drug-likeness (QED) is 0.552. The summed E-state index contributed by atoms with van der Waals surface area (Å²) in [4.78, 5) is 4.06. The maximum atomic E-state index is 5.50. The Kier molecular flexibility index (Phi) is 18.3. The van der Waals surface area contributed by atoms with Crippen molar-refractivity contribution in [1.82, 2.24) is 10.3 Å². The monoisotopic (exact) mass is 324 g/mol. The molecular weight excluding hydrogens is 288 g/mol. The van der Waals surface area contributed by atoms with Crippen LogP contribution in [0, 0.1) is 0 Å². The van der Waals surface area contributed by atoms with Crippen molar-refractivity contribution in [2.75, 3.05) is 33.0 Å². The van der Waals surface area contributed by atoms with Crippen LogP contribution >= 0.6 is 0 Å². The molecule has 0 amide bonds. The molecule has 23 heavy (non-hydrogen) atoms. The van der Waals surface area contributed by atoms with Crippen LogP contribution in [-0.2, 0) is 16.0 Å². The van der Waals surface area contributed by atoms with Gasteiger partial charge in [-0.25, -0.2) is 0 Å². The van der Waals surface area contributed by atoms with Crippen LogP contribution in [0.25, 0.3) is 0 Å². The third-order valence-corrected chi connectivity index (χ3v) is 3.06. The van der Waals surface area contributed by atoms with Gasteiger partial charge in [0, 0.05) is 45.3 Å². The number of unbranched alkanes of at least 4 members (excludes halogenated alkanes) is 2. The predicted molar refractivity (Wildman–Crippen MR) is 97.7 cm³/mol. The predicted octanol–water partition coefficient (Wildman–Crippen LogP) is 4.20. The van der Waals surface area contributed by atoms with Gasteiger partial charge < -0.3 is 14.8 Å². The molecule has 1 rings (SSSR count). The normalized spacial score (nSPS) is 10.2. The number of hydrogen-bond acceptors (Lipinski definition) is 4. The molecule has 0 saturated carbocycles. The first-order chi connectivity index (χ1) is 11.3. The molecule has 4 nitrogen and oxygen atoms in total. The average molecular weight is 325 g/mol. The van der Waals surface area contributed by atoms with Crippen LogP contribution in [0.3, 0.4) is 0 Å². The van der Waals surface area contributed by atoms with Crippen LogP contribution in [0.1, 0.15) is 58.4 Å². The fraction of sp³-hybridized carbons (Fsp3) is 0.737. The highest BCUT2D eigenvalue weighted by Crippen LogP contribution is 1.95. The minimum Gasteiger partial charge on any atom is -0.381 e. The zero-order valence-electron chi connectivity index (χ0n) is 15.4. The maximum absolute atomic E-state index is 5.50. The Labute approximate surface area is 143 Å². The Morgan fingerprint density at radius 1 is 0.913 bits per heavy atom. The van der Waals surface area contributed by atoms with E-state index in [0.717, 1.165) is 52.4 Å². The number of hydrogen-bond donors (Lipinski definition) is 1. The summed E-state index contributed by atoms with van der Waals surface area (Å²) in [5.74, 6) is 0. The highest BCUT2D eigenvalue weighted by Gasteiger charge is 1.92. The summed E-state index contributed by atoms with van der Waals surface area (Å²) in [6.07, 6.45) is 9.65. The average Bonchev–Trinajstić information content (AvgIpc) is 2.59. The van der Waals surface area contributed by atoms with Crippen molar-refractivity contribution in [2.45, 2.75) is 59.4 Å². The Hall–Kier alpha value is -0.970. The Morgan fingerprint density at radius 3 is 2.26 bits per heavy atom. The van der Waals surface area contributed by atoms with E-state index in [1.54, 1.807) is 6.20 Å². The lowest BCUT2D eigenvalue weighted by Gasteiger charge is -2.05. The van der Waals surface area contributed by atoms with Crippen LogP contribution in [0.15, 0.2) is 24.5 Å². The highest BCUT2D eigenvalue weighted by molar-refractivity contribution is 5.07. The van der Waals surface area contributed by atoms with Gasteiger partial charge in [0.15, 0.2) is 0 Å². The van der Waals surface area contributed by atoms with Gasteiger partial charge in [0.2, 0.25) is 0 Å². The molecule has 0 bridgehead atoms. The van der Waals surface area contributed by atoms with Crippen LogP contribution < -0.4 is 5.32 Å². The minimum absolute atomic E-state index is 0.796. The number of nitrogens with zero attached hydrogens (tertiary/aromatic N) is 1. The number of pyridine rings is 1. The summed E-state index contributed by atoms with van der Waals surface area (Å²) in [5, 5.41) is 3.33. The van der Waals surface area contributed by atoms with Crippen molar-refractivity contribution in [3.63, 3.8) is 0 Å². The van der Waals surface area contributed by atoms with Gasteiger partial charge in [-0.15, -0.1) is 0 Å². The Bertz CT molecular complexity index is 316. The molecule has 4 heteroatoms. The maximum Gasteiger partial charge on any atom is 0.0591 e. The van der Waals surface area contributed by atoms with Gasteiger partial charge in [0.05, 0.1) is 6.61 Å². The Morgan fingerprint density at radius 2 is 1.65 bits per heavy atom. The molecule has 1 aromatic heterocycles. The molecule has 0 spiro atoms. The van der Waals surface area contributed by atoms with Crippen molar-refractivity contribution in [3.05, 3.63) is 30.1 Å². The molecule has 0 aliphatic heterocycles. The van der Waals surface area contributed by atoms with E-state index in [4.69, 9.17) is 9.47 Å². The highest BCUT2D eigenvalue weighted by atomic mass is 16.5. The number of nitrogens with one attached hydrogen (secondary N) is 1. The van der Waals surface area contributed by atoms with Gasteiger partial charge in [-0.2, -0.15) is 0 Å². The van der Waals surface area contributed by atoms with Gasteiger partial charge in [-0.05, 0) is 30.9 Å². The Balaban J connectivity index is 0.000000585. The van der Waals surface area contributed by atoms with Crippen molar-refractivity contribution in [3.8, 4) is 0 Å². The first-order valence-electron chi connectivity index (χ1n) is 9.10. The van der Waals surface area contributed by atoms with Gasteiger partial charge in [0.25, 0.3) is 0 Å². The standard InChI is InChI=1S/C13H22N2O.C6H14O/c1-2-3-4-9-16-10-8-15-12-13-6-5-7-14-11-13;1-3-5-7-6-4-2/h5-7,11,15H,2-4,8-10,12H2,1H3;3-6H2,1-2H3. The van der Waals surface area contributed by atoms with E-state index in [1.807, 2.05) is 12.3 Å². The molecule has 0 radical (unpaired) electrons. The summed E-state index contributed by atoms with van der Waals surface area (Å²) in [6, 6.07) is 4.03. The molecule has 0 unspecified atom stereocenters. The molecule has 0 aromatic carbocycles. The van der Waals surface area contributed by atoms with Crippen LogP contribution in [0.4, 0.5) is 0 Å². The van der Waals surface area contributed by atoms with E-state index in [2.05, 4.69) is 37.1 Å². The third kappa shape index (κ3) is 17.2. The summed E-state index contributed by atoms with van der Waals surface area (Å²) in [5.41, 5.74) is 1.22. The topological polar surface area (TPSA) is 43.4 Å². The van der Waals surface area contributed by atoms with Crippen molar-refractivity contribution in [2.24, 2.45) is 0 Å². The van der Waals surface area contributed by atoms with E-state index < -0.39 is 0 Å². The molecule has 0 saturated heterocycles. The van der Waals surface area contributed by atoms with E-state index in [0.29, 0.717) is 0 Å². The second-order valence-corrected chi connectivity index (χ2v) is 5.47. The van der Waals surface area contributed by atoms with Crippen molar-refractivity contribution in [1.29, 1.82) is 0 Å². The zero-order valence-corrected chi connectivity index (χ0v) is 15.4. The van der Waals surface area contributed by atoms with Gasteiger partial charge in [-0.1, -0.05) is 39.7 Å². The summed E-state index contributed by atoms with van der Waals surface area (Å²) < 4.78 is 10.6. The summed E-state index contributed by atoms with van der Waals surface area (Å²) in [7, 11) is 0. The molecule has 0 aliphatic rings. The number of aromatic nitrogens is 1. The van der Waals surface area contributed by atoms with Crippen molar-refractivity contribution >= 4 is 0 Å². The fourth-order valence-electron chi connectivity index (χ4n) is 1.83. The second-order valence-electron chi connectivity index (χ2n) is 5.47. The van der Waals surface area contributed by atoms with E-state index in [1.165, 1.54) is 24.8 Å². The van der Waals surface area contributed by atoms with Gasteiger partial charge >= 0.3 is 0 Å². The van der Waals surface area contributed by atoms with E-state index in [-0.39, 0.29) is 0 Å². The zero-order chi connectivity index (χ0) is 17.0. The largest absolute Gasteiger partial charge is 0.381 e. The SMILES string of the molecule is CCCCCOCCNCc1cccnc1.CCCOCCC. The van der Waals surface area contributed by atoms with Crippen LogP contribution in [0.2, 0.25) is 0 Å². The lowest BCUT2D eigenvalue weighted by molar-refractivity contribution is 0.132. The molecule has 0 fully saturated rings. The molecule has 1 N–H and O–H groups in total. The van der Waals surface area contributed by atoms with Gasteiger partial charge in [-0.3, -0.25) is 4.98 Å². The molecular formula is C19H36N2O2. The lowest BCUT2D eigenvalue weighted by Crippen LogP contribution is -2.19. The molecule has 0 aliphatic carbocycles. The van der Waals surface area contributed by atoms with Crippen LogP contribution in [-0.4, -0.2) is 38.0 Å². The second kappa shape index (κ2) is 19.1. The fourth-order valence-corrected chi connectivity index (χ4v) is 1.83.